The van der Waals surface area contributed by atoms with Crippen LogP contribution in [0.25, 0.3) is 30.9 Å². The van der Waals surface area contributed by atoms with Crippen molar-refractivity contribution in [2.24, 2.45) is 0 Å². The van der Waals surface area contributed by atoms with Crippen LogP contribution in [0.3, 0.4) is 0 Å². The largest absolute Gasteiger partial charge is 0.289 e. The molecule has 0 aliphatic heterocycles. The van der Waals surface area contributed by atoms with Gasteiger partial charge in [-0.3, -0.25) is 4.79 Å². The van der Waals surface area contributed by atoms with E-state index in [2.05, 4.69) is 28.1 Å². The second-order valence-electron chi connectivity index (χ2n) is 4.74. The van der Waals surface area contributed by atoms with Gasteiger partial charge in [-0.25, -0.2) is 0 Å². The molecule has 0 spiro atoms. The third-order valence-corrected chi connectivity index (χ3v) is 5.24. The van der Waals surface area contributed by atoms with E-state index < -0.39 is 0 Å². The number of halogens is 1. The predicted molar refractivity (Wildman–Crippen MR) is 90.8 cm³/mol. The van der Waals surface area contributed by atoms with Crippen LogP contribution in [0.4, 0.5) is 0 Å². The molecule has 0 N–H and O–H groups in total. The Bertz CT molecular complexity index is 1030. The first kappa shape index (κ1) is 12.1. The van der Waals surface area contributed by atoms with Crippen LogP contribution >= 0.6 is 27.3 Å². The maximum atomic E-state index is 12.7. The lowest BCUT2D eigenvalue weighted by atomic mass is 10.1. The van der Waals surface area contributed by atoms with Crippen LogP contribution in [0.15, 0.2) is 63.9 Å². The van der Waals surface area contributed by atoms with Gasteiger partial charge >= 0.3 is 0 Å². The van der Waals surface area contributed by atoms with Gasteiger partial charge in [0.2, 0.25) is 0 Å². The Morgan fingerprint density at radius 3 is 2.60 bits per heavy atom. The molecule has 1 heterocycles. The van der Waals surface area contributed by atoms with Gasteiger partial charge in [0, 0.05) is 24.6 Å². The summed E-state index contributed by atoms with van der Waals surface area (Å²) >= 11 is 5.12. The lowest BCUT2D eigenvalue weighted by Gasteiger charge is -2.05. The molecular weight excluding hydrogens is 332 g/mol. The van der Waals surface area contributed by atoms with Crippen molar-refractivity contribution in [2.45, 2.75) is 0 Å². The first-order chi connectivity index (χ1) is 9.74. The summed E-state index contributed by atoms with van der Waals surface area (Å²) in [5.74, 6) is 0. The van der Waals surface area contributed by atoms with Crippen molar-refractivity contribution in [3.63, 3.8) is 0 Å². The Morgan fingerprint density at radius 2 is 1.70 bits per heavy atom. The van der Waals surface area contributed by atoms with E-state index in [1.807, 2.05) is 42.5 Å². The van der Waals surface area contributed by atoms with E-state index in [1.165, 1.54) is 5.39 Å². The maximum absolute atomic E-state index is 12.7. The third-order valence-electron chi connectivity index (χ3n) is 3.52. The zero-order chi connectivity index (χ0) is 13.7. The third kappa shape index (κ3) is 1.70. The fourth-order valence-electron chi connectivity index (χ4n) is 2.56. The molecule has 3 heteroatoms. The Labute approximate surface area is 127 Å². The van der Waals surface area contributed by atoms with Crippen molar-refractivity contribution in [3.05, 3.63) is 69.3 Å². The van der Waals surface area contributed by atoms with Gasteiger partial charge in [-0.1, -0.05) is 46.3 Å². The smallest absolute Gasteiger partial charge is 0.195 e. The molecule has 0 aliphatic rings. The van der Waals surface area contributed by atoms with Gasteiger partial charge in [-0.05, 0) is 35.0 Å². The quantitative estimate of drug-likeness (QED) is 0.312. The normalized spacial score (nSPS) is 11.4. The summed E-state index contributed by atoms with van der Waals surface area (Å²) in [5.41, 5.74) is 0.112. The summed E-state index contributed by atoms with van der Waals surface area (Å²) in [5, 5.41) is 3.91. The summed E-state index contributed by atoms with van der Waals surface area (Å²) in [6, 6.07) is 18.1. The molecule has 0 aliphatic carbocycles. The van der Waals surface area contributed by atoms with Crippen LogP contribution in [-0.4, -0.2) is 0 Å². The fourth-order valence-corrected chi connectivity index (χ4v) is 4.10. The van der Waals surface area contributed by atoms with Crippen molar-refractivity contribution in [2.75, 3.05) is 0 Å². The van der Waals surface area contributed by atoms with Crippen molar-refractivity contribution in [1.29, 1.82) is 0 Å². The highest BCUT2D eigenvalue weighted by Crippen LogP contribution is 2.31. The van der Waals surface area contributed by atoms with Crippen LogP contribution in [0.5, 0.6) is 0 Å². The van der Waals surface area contributed by atoms with Crippen LogP contribution < -0.4 is 5.43 Å². The Kier molecular flexibility index (Phi) is 2.65. The number of rotatable bonds is 0. The van der Waals surface area contributed by atoms with Gasteiger partial charge in [0.25, 0.3) is 0 Å². The summed E-state index contributed by atoms with van der Waals surface area (Å²) in [6.07, 6.45) is 0. The standard InChI is InChI=1S/C17H9BrOS/c18-11-6-8-15-14(9-11)16(19)13-7-5-10-3-1-2-4-12(10)17(13)20-15/h1-9H. The minimum Gasteiger partial charge on any atom is -0.289 e. The monoisotopic (exact) mass is 340 g/mol. The molecule has 4 rings (SSSR count). The van der Waals surface area contributed by atoms with E-state index >= 15 is 0 Å². The van der Waals surface area contributed by atoms with Crippen molar-refractivity contribution >= 4 is 58.2 Å². The summed E-state index contributed by atoms with van der Waals surface area (Å²) in [4.78, 5) is 12.7. The first-order valence-electron chi connectivity index (χ1n) is 6.28. The average Bonchev–Trinajstić information content (AvgIpc) is 2.48. The Hall–Kier alpha value is -1.71. The molecule has 0 saturated carbocycles. The van der Waals surface area contributed by atoms with Gasteiger partial charge in [0.1, 0.15) is 0 Å². The minimum absolute atomic E-state index is 0.112. The summed E-state index contributed by atoms with van der Waals surface area (Å²) < 4.78 is 3.04. The second kappa shape index (κ2) is 4.40. The molecule has 0 unspecified atom stereocenters. The van der Waals surface area contributed by atoms with E-state index in [1.54, 1.807) is 11.3 Å². The fraction of sp³-hybridized carbons (Fsp3) is 0. The van der Waals surface area contributed by atoms with Gasteiger partial charge in [0.05, 0.1) is 0 Å². The van der Waals surface area contributed by atoms with E-state index in [0.29, 0.717) is 0 Å². The predicted octanol–water partition coefficient (Wildman–Crippen LogP) is 5.33. The van der Waals surface area contributed by atoms with Crippen LogP contribution in [0, 0.1) is 0 Å². The molecule has 1 aromatic heterocycles. The lowest BCUT2D eigenvalue weighted by molar-refractivity contribution is 1.71. The molecule has 4 aromatic rings. The molecule has 0 saturated heterocycles. The number of hydrogen-bond acceptors (Lipinski definition) is 2. The Balaban J connectivity index is 2.31. The molecule has 1 nitrogen and oxygen atoms in total. The highest BCUT2D eigenvalue weighted by Gasteiger charge is 2.08. The van der Waals surface area contributed by atoms with Crippen molar-refractivity contribution in [1.82, 2.24) is 0 Å². The van der Waals surface area contributed by atoms with E-state index in [4.69, 9.17) is 0 Å². The highest BCUT2D eigenvalue weighted by molar-refractivity contribution is 9.10. The molecule has 96 valence electrons. The van der Waals surface area contributed by atoms with E-state index in [9.17, 15) is 4.79 Å². The Morgan fingerprint density at radius 1 is 0.850 bits per heavy atom. The van der Waals surface area contributed by atoms with Crippen molar-refractivity contribution < 1.29 is 0 Å². The summed E-state index contributed by atoms with van der Waals surface area (Å²) in [7, 11) is 0. The van der Waals surface area contributed by atoms with Crippen molar-refractivity contribution in [3.8, 4) is 0 Å². The molecule has 0 radical (unpaired) electrons. The first-order valence-corrected chi connectivity index (χ1v) is 7.89. The van der Waals surface area contributed by atoms with Crippen LogP contribution in [-0.2, 0) is 0 Å². The number of fused-ring (bicyclic) bond motifs is 4. The maximum Gasteiger partial charge on any atom is 0.195 e. The molecule has 3 aromatic carbocycles. The van der Waals surface area contributed by atoms with E-state index in [-0.39, 0.29) is 5.43 Å². The molecular formula is C17H9BrOS. The van der Waals surface area contributed by atoms with Crippen LogP contribution in [0.2, 0.25) is 0 Å². The molecule has 20 heavy (non-hydrogen) atoms. The minimum atomic E-state index is 0.112. The zero-order valence-electron chi connectivity index (χ0n) is 10.4. The second-order valence-corrected chi connectivity index (χ2v) is 6.70. The van der Waals surface area contributed by atoms with Gasteiger partial charge in [-0.2, -0.15) is 0 Å². The molecule has 0 fully saturated rings. The summed E-state index contributed by atoms with van der Waals surface area (Å²) in [6.45, 7) is 0. The van der Waals surface area contributed by atoms with Gasteiger partial charge < -0.3 is 0 Å². The number of hydrogen-bond donors (Lipinski definition) is 0. The van der Waals surface area contributed by atoms with Crippen LogP contribution in [0.1, 0.15) is 0 Å². The molecule has 0 bridgehead atoms. The average molecular weight is 341 g/mol. The van der Waals surface area contributed by atoms with Gasteiger partial charge in [0.15, 0.2) is 5.43 Å². The number of benzene rings is 3. The lowest BCUT2D eigenvalue weighted by Crippen LogP contribution is -2.00. The topological polar surface area (TPSA) is 17.1 Å². The SMILES string of the molecule is O=c1c2cc(Br)ccc2sc2c1ccc1ccccc12. The van der Waals surface area contributed by atoms with E-state index in [0.717, 1.165) is 30.0 Å². The highest BCUT2D eigenvalue weighted by atomic mass is 79.9. The zero-order valence-corrected chi connectivity index (χ0v) is 12.8. The molecule has 0 amide bonds. The van der Waals surface area contributed by atoms with Gasteiger partial charge in [-0.15, -0.1) is 11.3 Å². The molecule has 0 atom stereocenters.